The summed E-state index contributed by atoms with van der Waals surface area (Å²) in [6.07, 6.45) is 9.92. The van der Waals surface area contributed by atoms with E-state index in [2.05, 4.69) is 50.5 Å². The SMILES string of the molecule is SCCCCC[C@@H](S)[C@H](S)CCCCCS. The molecule has 0 amide bonds. The minimum absolute atomic E-state index is 0.458. The van der Waals surface area contributed by atoms with Gasteiger partial charge in [0.15, 0.2) is 0 Å². The molecule has 98 valence electrons. The first-order valence-electron chi connectivity index (χ1n) is 6.30. The molecule has 0 nitrogen and oxygen atoms in total. The van der Waals surface area contributed by atoms with Crippen LogP contribution < -0.4 is 0 Å². The van der Waals surface area contributed by atoms with Crippen molar-refractivity contribution in [3.8, 4) is 0 Å². The predicted molar refractivity (Wildman–Crippen MR) is 90.2 cm³/mol. The van der Waals surface area contributed by atoms with Gasteiger partial charge in [-0.15, -0.1) is 0 Å². The summed E-state index contributed by atoms with van der Waals surface area (Å²) in [6, 6.07) is 0. The zero-order valence-electron chi connectivity index (χ0n) is 10.0. The van der Waals surface area contributed by atoms with Gasteiger partial charge in [0, 0.05) is 10.5 Å². The average Bonchev–Trinajstić information content (AvgIpc) is 2.29. The maximum Gasteiger partial charge on any atom is 0.0133 e. The van der Waals surface area contributed by atoms with Gasteiger partial charge in [0.1, 0.15) is 0 Å². The maximum atomic E-state index is 4.64. The maximum absolute atomic E-state index is 4.64. The van der Waals surface area contributed by atoms with Crippen LogP contribution in [-0.2, 0) is 0 Å². The summed E-state index contributed by atoms with van der Waals surface area (Å²) < 4.78 is 0. The fraction of sp³-hybridized carbons (Fsp3) is 1.00. The van der Waals surface area contributed by atoms with E-state index in [9.17, 15) is 0 Å². The van der Waals surface area contributed by atoms with Crippen molar-refractivity contribution in [2.75, 3.05) is 11.5 Å². The van der Waals surface area contributed by atoms with Crippen LogP contribution in [0.25, 0.3) is 0 Å². The molecule has 0 unspecified atom stereocenters. The van der Waals surface area contributed by atoms with Gasteiger partial charge < -0.3 is 0 Å². The van der Waals surface area contributed by atoms with Crippen molar-refractivity contribution in [2.24, 2.45) is 0 Å². The number of unbranched alkanes of at least 4 members (excludes halogenated alkanes) is 4. The van der Waals surface area contributed by atoms with Crippen LogP contribution in [-0.4, -0.2) is 22.0 Å². The minimum atomic E-state index is 0.458. The lowest BCUT2D eigenvalue weighted by molar-refractivity contribution is 0.588. The Balaban J connectivity index is 3.38. The first-order chi connectivity index (χ1) is 7.72. The molecule has 0 aromatic rings. The summed E-state index contributed by atoms with van der Waals surface area (Å²) in [5.74, 6) is 2.01. The number of hydrogen-bond donors (Lipinski definition) is 4. The molecular formula is C12H26S4. The molecule has 0 aliphatic heterocycles. The van der Waals surface area contributed by atoms with Gasteiger partial charge >= 0.3 is 0 Å². The minimum Gasteiger partial charge on any atom is -0.179 e. The molecule has 0 N–H and O–H groups in total. The van der Waals surface area contributed by atoms with Crippen LogP contribution in [0.3, 0.4) is 0 Å². The van der Waals surface area contributed by atoms with Crippen LogP contribution in [0.2, 0.25) is 0 Å². The Morgan fingerprint density at radius 3 is 1.25 bits per heavy atom. The van der Waals surface area contributed by atoms with Crippen molar-refractivity contribution < 1.29 is 0 Å². The normalized spacial score (nSPS) is 15.0. The highest BCUT2D eigenvalue weighted by molar-refractivity contribution is 7.85. The van der Waals surface area contributed by atoms with Gasteiger partial charge in [0.25, 0.3) is 0 Å². The molecule has 0 rings (SSSR count). The first kappa shape index (κ1) is 17.4. The third kappa shape index (κ3) is 10.5. The van der Waals surface area contributed by atoms with Gasteiger partial charge in [0.05, 0.1) is 0 Å². The Hall–Kier alpha value is 1.40. The zero-order chi connectivity index (χ0) is 12.2. The fourth-order valence-electron chi connectivity index (χ4n) is 1.67. The van der Waals surface area contributed by atoms with Gasteiger partial charge in [-0.3, -0.25) is 0 Å². The van der Waals surface area contributed by atoms with Gasteiger partial charge in [0.2, 0.25) is 0 Å². The molecule has 0 radical (unpaired) electrons. The molecule has 0 aliphatic rings. The van der Waals surface area contributed by atoms with E-state index in [4.69, 9.17) is 0 Å². The Labute approximate surface area is 123 Å². The van der Waals surface area contributed by atoms with E-state index in [-0.39, 0.29) is 0 Å². The molecular weight excluding hydrogens is 272 g/mol. The molecule has 0 spiro atoms. The molecule has 0 aliphatic carbocycles. The van der Waals surface area contributed by atoms with Crippen molar-refractivity contribution in [2.45, 2.75) is 61.9 Å². The van der Waals surface area contributed by atoms with Gasteiger partial charge in [-0.2, -0.15) is 50.5 Å². The lowest BCUT2D eigenvalue weighted by Crippen LogP contribution is -2.15. The van der Waals surface area contributed by atoms with Crippen LogP contribution in [0.15, 0.2) is 0 Å². The van der Waals surface area contributed by atoms with Gasteiger partial charge in [-0.1, -0.05) is 25.7 Å². The molecule has 0 aromatic carbocycles. The largest absolute Gasteiger partial charge is 0.179 e. The second-order valence-corrected chi connectivity index (χ2v) is 6.50. The van der Waals surface area contributed by atoms with E-state index < -0.39 is 0 Å². The quantitative estimate of drug-likeness (QED) is 0.312. The summed E-state index contributed by atoms with van der Waals surface area (Å²) in [6.45, 7) is 0. The third-order valence-electron chi connectivity index (χ3n) is 2.76. The summed E-state index contributed by atoms with van der Waals surface area (Å²) in [5.41, 5.74) is 0. The highest BCUT2D eigenvalue weighted by Crippen LogP contribution is 2.21. The number of hydrogen-bond acceptors (Lipinski definition) is 4. The van der Waals surface area contributed by atoms with E-state index in [0.717, 1.165) is 11.5 Å². The topological polar surface area (TPSA) is 0 Å². The van der Waals surface area contributed by atoms with Gasteiger partial charge in [-0.25, -0.2) is 0 Å². The van der Waals surface area contributed by atoms with Crippen molar-refractivity contribution >= 4 is 50.5 Å². The molecule has 0 aromatic heterocycles. The number of thiol groups is 4. The molecule has 16 heavy (non-hydrogen) atoms. The molecule has 0 saturated carbocycles. The van der Waals surface area contributed by atoms with Crippen LogP contribution in [0.4, 0.5) is 0 Å². The van der Waals surface area contributed by atoms with Crippen LogP contribution >= 0.6 is 50.5 Å². The lowest BCUT2D eigenvalue weighted by Gasteiger charge is -2.18. The monoisotopic (exact) mass is 298 g/mol. The van der Waals surface area contributed by atoms with Crippen LogP contribution in [0, 0.1) is 0 Å². The highest BCUT2D eigenvalue weighted by atomic mass is 32.1. The highest BCUT2D eigenvalue weighted by Gasteiger charge is 2.12. The molecule has 0 bridgehead atoms. The summed E-state index contributed by atoms with van der Waals surface area (Å²) in [7, 11) is 0. The molecule has 2 atom stereocenters. The van der Waals surface area contributed by atoms with Crippen molar-refractivity contribution in [1.82, 2.24) is 0 Å². The van der Waals surface area contributed by atoms with Crippen LogP contribution in [0.1, 0.15) is 51.4 Å². The zero-order valence-corrected chi connectivity index (χ0v) is 13.6. The van der Waals surface area contributed by atoms with Crippen molar-refractivity contribution in [1.29, 1.82) is 0 Å². The summed E-state index contributed by atoms with van der Waals surface area (Å²) in [4.78, 5) is 0. The molecule has 0 heterocycles. The molecule has 0 saturated heterocycles. The van der Waals surface area contributed by atoms with E-state index in [1.165, 1.54) is 51.4 Å². The molecule has 4 heteroatoms. The van der Waals surface area contributed by atoms with E-state index in [1.54, 1.807) is 0 Å². The van der Waals surface area contributed by atoms with E-state index >= 15 is 0 Å². The predicted octanol–water partition coefficient (Wildman–Crippen LogP) is 4.56. The van der Waals surface area contributed by atoms with E-state index in [0.29, 0.717) is 10.5 Å². The van der Waals surface area contributed by atoms with Gasteiger partial charge in [-0.05, 0) is 37.2 Å². The average molecular weight is 299 g/mol. The van der Waals surface area contributed by atoms with Crippen molar-refractivity contribution in [3.63, 3.8) is 0 Å². The van der Waals surface area contributed by atoms with Crippen LogP contribution in [0.5, 0.6) is 0 Å². The Morgan fingerprint density at radius 2 is 0.938 bits per heavy atom. The lowest BCUT2D eigenvalue weighted by atomic mass is 10.1. The molecule has 0 fully saturated rings. The van der Waals surface area contributed by atoms with E-state index in [1.807, 2.05) is 0 Å². The first-order valence-corrected chi connectivity index (χ1v) is 8.60. The summed E-state index contributed by atoms with van der Waals surface area (Å²) >= 11 is 17.7. The Bertz CT molecular complexity index is 125. The Kier molecular flexibility index (Phi) is 14.0. The van der Waals surface area contributed by atoms with Crippen molar-refractivity contribution in [3.05, 3.63) is 0 Å². The second-order valence-electron chi connectivity index (χ2n) is 4.28. The smallest absolute Gasteiger partial charge is 0.0133 e. The summed E-state index contributed by atoms with van der Waals surface area (Å²) in [5, 5.41) is 0.915. The standard InChI is InChI=1S/C12H26S4/c13-9-5-1-3-7-11(15)12(16)8-4-2-6-10-14/h11-16H,1-10H2/t11-,12-/m1/s1. The number of rotatable bonds is 11. The Morgan fingerprint density at radius 1 is 0.562 bits per heavy atom. The fourth-order valence-corrected chi connectivity index (χ4v) is 2.78. The second kappa shape index (κ2) is 12.8. The third-order valence-corrected chi connectivity index (χ3v) is 4.86.